The van der Waals surface area contributed by atoms with Gasteiger partial charge in [0.2, 0.25) is 5.24 Å². The van der Waals surface area contributed by atoms with E-state index in [1.54, 1.807) is 6.92 Å². The van der Waals surface area contributed by atoms with E-state index in [4.69, 9.17) is 11.6 Å². The van der Waals surface area contributed by atoms with Gasteiger partial charge in [-0.2, -0.15) is 0 Å². The Morgan fingerprint density at radius 2 is 2.20 bits per heavy atom. The van der Waals surface area contributed by atoms with E-state index >= 15 is 0 Å². The molecule has 0 aliphatic heterocycles. The van der Waals surface area contributed by atoms with Gasteiger partial charge in [-0.15, -0.1) is 0 Å². The Labute approximate surface area is 63.5 Å². The highest BCUT2D eigenvalue weighted by Crippen LogP contribution is 1.78. The number of carbonyl (C=O) groups is 2. The van der Waals surface area contributed by atoms with Gasteiger partial charge >= 0.3 is 6.09 Å². The standard InChI is InChI=1S/C5H8ClNO3/c1-2-10-5(9)7-3-4(6)8/h2-3H2,1H3,(H,7,9). The minimum absolute atomic E-state index is 0.194. The highest BCUT2D eigenvalue weighted by molar-refractivity contribution is 6.64. The summed E-state index contributed by atoms with van der Waals surface area (Å²) in [5.74, 6) is 0. The molecule has 1 amide bonds. The first-order chi connectivity index (χ1) is 4.66. The van der Waals surface area contributed by atoms with E-state index < -0.39 is 11.3 Å². The molecule has 0 spiro atoms. The maximum absolute atomic E-state index is 10.4. The van der Waals surface area contributed by atoms with Crippen LogP contribution in [0.1, 0.15) is 6.92 Å². The van der Waals surface area contributed by atoms with E-state index in [2.05, 4.69) is 10.1 Å². The van der Waals surface area contributed by atoms with Crippen molar-refractivity contribution in [2.24, 2.45) is 0 Å². The van der Waals surface area contributed by atoms with Gasteiger partial charge in [0.25, 0.3) is 0 Å². The van der Waals surface area contributed by atoms with Crippen molar-refractivity contribution in [1.29, 1.82) is 0 Å². The minimum Gasteiger partial charge on any atom is -0.450 e. The average Bonchev–Trinajstić information content (AvgIpc) is 1.85. The fraction of sp³-hybridized carbons (Fsp3) is 0.600. The van der Waals surface area contributed by atoms with Gasteiger partial charge in [0.15, 0.2) is 0 Å². The van der Waals surface area contributed by atoms with E-state index in [1.807, 2.05) is 0 Å². The van der Waals surface area contributed by atoms with Crippen LogP contribution < -0.4 is 5.32 Å². The summed E-state index contributed by atoms with van der Waals surface area (Å²) in [4.78, 5) is 20.5. The fourth-order valence-electron chi connectivity index (χ4n) is 0.324. The number of nitrogens with one attached hydrogen (secondary N) is 1. The molecule has 0 bridgehead atoms. The van der Waals surface area contributed by atoms with Crippen LogP contribution in [0.4, 0.5) is 4.79 Å². The SMILES string of the molecule is CCOC(=O)NCC(=O)Cl. The summed E-state index contributed by atoms with van der Waals surface area (Å²) in [7, 11) is 0. The second-order valence-electron chi connectivity index (χ2n) is 1.43. The minimum atomic E-state index is -0.628. The lowest BCUT2D eigenvalue weighted by Gasteiger charge is -2.00. The van der Waals surface area contributed by atoms with Crippen molar-refractivity contribution in [3.63, 3.8) is 0 Å². The van der Waals surface area contributed by atoms with Crippen LogP contribution in [0.2, 0.25) is 0 Å². The Bertz CT molecular complexity index is 137. The Kier molecular flexibility index (Phi) is 4.66. The zero-order valence-electron chi connectivity index (χ0n) is 5.52. The van der Waals surface area contributed by atoms with Crippen LogP contribution in [-0.2, 0) is 9.53 Å². The van der Waals surface area contributed by atoms with Crippen LogP contribution in [0.25, 0.3) is 0 Å². The second kappa shape index (κ2) is 5.05. The van der Waals surface area contributed by atoms with Crippen molar-refractivity contribution in [2.75, 3.05) is 13.2 Å². The third-order valence-corrected chi connectivity index (χ3v) is 0.781. The van der Waals surface area contributed by atoms with Crippen LogP contribution in [-0.4, -0.2) is 24.5 Å². The zero-order valence-corrected chi connectivity index (χ0v) is 6.27. The van der Waals surface area contributed by atoms with Crippen molar-refractivity contribution in [2.45, 2.75) is 6.92 Å². The van der Waals surface area contributed by atoms with Crippen molar-refractivity contribution >= 4 is 22.9 Å². The predicted octanol–water partition coefficient (Wildman–Crippen LogP) is 0.498. The van der Waals surface area contributed by atoms with Crippen molar-refractivity contribution in [3.05, 3.63) is 0 Å². The van der Waals surface area contributed by atoms with Crippen LogP contribution in [0, 0.1) is 0 Å². The summed E-state index contributed by atoms with van der Waals surface area (Å²) < 4.78 is 4.43. The molecule has 0 saturated heterocycles. The number of carbonyl (C=O) groups excluding carboxylic acids is 2. The number of amides is 1. The Balaban J connectivity index is 3.30. The number of hydrogen-bond acceptors (Lipinski definition) is 3. The maximum atomic E-state index is 10.4. The van der Waals surface area contributed by atoms with Gasteiger partial charge in [-0.3, -0.25) is 4.79 Å². The molecule has 0 unspecified atom stereocenters. The first-order valence-corrected chi connectivity index (χ1v) is 3.13. The van der Waals surface area contributed by atoms with E-state index in [1.165, 1.54) is 0 Å². The Morgan fingerprint density at radius 1 is 1.60 bits per heavy atom. The molecule has 0 aliphatic rings. The number of alkyl carbamates (subject to hydrolysis) is 1. The third kappa shape index (κ3) is 5.37. The van der Waals surface area contributed by atoms with Crippen LogP contribution in [0.5, 0.6) is 0 Å². The molecule has 0 fully saturated rings. The molecular formula is C5H8ClNO3. The van der Waals surface area contributed by atoms with Gasteiger partial charge in [0, 0.05) is 0 Å². The fourth-order valence-corrected chi connectivity index (χ4v) is 0.391. The molecule has 10 heavy (non-hydrogen) atoms. The lowest BCUT2D eigenvalue weighted by atomic mass is 10.7. The first-order valence-electron chi connectivity index (χ1n) is 2.75. The number of ether oxygens (including phenoxy) is 1. The molecule has 0 aromatic heterocycles. The third-order valence-electron chi connectivity index (χ3n) is 0.647. The highest BCUT2D eigenvalue weighted by Gasteiger charge is 2.00. The largest absolute Gasteiger partial charge is 0.450 e. The van der Waals surface area contributed by atoms with Gasteiger partial charge in [-0.05, 0) is 18.5 Å². The van der Waals surface area contributed by atoms with E-state index in [9.17, 15) is 9.59 Å². The zero-order chi connectivity index (χ0) is 7.98. The smallest absolute Gasteiger partial charge is 0.407 e. The topological polar surface area (TPSA) is 55.4 Å². The number of rotatable bonds is 3. The molecule has 58 valence electrons. The van der Waals surface area contributed by atoms with Crippen LogP contribution in [0.3, 0.4) is 0 Å². The molecule has 0 radical (unpaired) electrons. The summed E-state index contributed by atoms with van der Waals surface area (Å²) >= 11 is 4.91. The van der Waals surface area contributed by atoms with Crippen LogP contribution >= 0.6 is 11.6 Å². The molecule has 4 nitrogen and oxygen atoms in total. The summed E-state index contributed by atoms with van der Waals surface area (Å²) in [5, 5.41) is 1.52. The monoisotopic (exact) mass is 165 g/mol. The Morgan fingerprint density at radius 3 is 2.60 bits per heavy atom. The summed E-state index contributed by atoms with van der Waals surface area (Å²) in [6.07, 6.45) is -0.628. The van der Waals surface area contributed by atoms with E-state index in [0.717, 1.165) is 0 Å². The van der Waals surface area contributed by atoms with Crippen LogP contribution in [0.15, 0.2) is 0 Å². The van der Waals surface area contributed by atoms with Gasteiger partial charge in [0.1, 0.15) is 0 Å². The molecule has 0 heterocycles. The van der Waals surface area contributed by atoms with Gasteiger partial charge < -0.3 is 10.1 Å². The maximum Gasteiger partial charge on any atom is 0.407 e. The molecule has 0 aromatic carbocycles. The molecular weight excluding hydrogens is 158 g/mol. The molecule has 5 heteroatoms. The summed E-state index contributed by atoms with van der Waals surface area (Å²) in [5.41, 5.74) is 0. The van der Waals surface area contributed by atoms with E-state index in [-0.39, 0.29) is 13.2 Å². The first kappa shape index (κ1) is 9.23. The van der Waals surface area contributed by atoms with Gasteiger partial charge in [0.05, 0.1) is 13.2 Å². The molecule has 0 saturated carbocycles. The lowest BCUT2D eigenvalue weighted by molar-refractivity contribution is -0.110. The quantitative estimate of drug-likeness (QED) is 0.620. The highest BCUT2D eigenvalue weighted by atomic mass is 35.5. The van der Waals surface area contributed by atoms with E-state index in [0.29, 0.717) is 0 Å². The number of halogens is 1. The van der Waals surface area contributed by atoms with Crippen molar-refractivity contribution in [3.8, 4) is 0 Å². The lowest BCUT2D eigenvalue weighted by Crippen LogP contribution is -2.28. The molecule has 1 N–H and O–H groups in total. The van der Waals surface area contributed by atoms with Crippen molar-refractivity contribution < 1.29 is 14.3 Å². The molecule has 0 aromatic rings. The van der Waals surface area contributed by atoms with Gasteiger partial charge in [-0.1, -0.05) is 0 Å². The van der Waals surface area contributed by atoms with Gasteiger partial charge in [-0.25, -0.2) is 4.79 Å². The number of hydrogen-bond donors (Lipinski definition) is 1. The molecule has 0 atom stereocenters. The summed E-state index contributed by atoms with van der Waals surface area (Å²) in [6, 6.07) is 0. The summed E-state index contributed by atoms with van der Waals surface area (Å²) in [6.45, 7) is 1.75. The normalized spacial score (nSPS) is 8.60. The Hall–Kier alpha value is -0.770. The second-order valence-corrected chi connectivity index (χ2v) is 1.85. The average molecular weight is 166 g/mol. The molecule has 0 rings (SSSR count). The van der Waals surface area contributed by atoms with Crippen molar-refractivity contribution in [1.82, 2.24) is 5.32 Å². The molecule has 0 aliphatic carbocycles. The predicted molar refractivity (Wildman–Crippen MR) is 35.9 cm³/mol.